The Kier molecular flexibility index (Phi) is 8.15. The monoisotopic (exact) mass is 628 g/mol. The van der Waals surface area contributed by atoms with Crippen molar-refractivity contribution in [3.63, 3.8) is 0 Å². The molecule has 0 saturated carbocycles. The van der Waals surface area contributed by atoms with Crippen molar-refractivity contribution in [3.05, 3.63) is 82.6 Å². The molecule has 10 nitrogen and oxygen atoms in total. The van der Waals surface area contributed by atoms with Gasteiger partial charge in [0, 0.05) is 48.6 Å². The van der Waals surface area contributed by atoms with Gasteiger partial charge in [0.1, 0.15) is 24.0 Å². The highest BCUT2D eigenvalue weighted by Crippen LogP contribution is 2.38. The standard InChI is InChI=1S/C35H37FN4O6/c36-30-11-22(26-18-43-19-26)1-2-23(30)20-45-34-6-3-24-16-42-17-25-13-39(9-7-29(25)35(24)38-34)15-33-37-31-5-4-27(46-21-41)12-32(31)40(33)14-28-8-10-44-28/h1-6,11-12,21,25-26,28-29H,7-10,13-20H2/t25-,28+,29-/m1/s1. The number of halogens is 1. The molecule has 2 aromatic carbocycles. The average Bonchev–Trinajstić information content (AvgIpc) is 3.23. The zero-order valence-corrected chi connectivity index (χ0v) is 25.6. The van der Waals surface area contributed by atoms with Gasteiger partial charge in [-0.1, -0.05) is 12.1 Å². The van der Waals surface area contributed by atoms with E-state index in [-0.39, 0.29) is 36.3 Å². The number of hydrogen-bond acceptors (Lipinski definition) is 9. The number of fused-ring (bicyclic) bond motifs is 4. The van der Waals surface area contributed by atoms with Crippen LogP contribution in [0.1, 0.15) is 52.9 Å². The largest absolute Gasteiger partial charge is 0.473 e. The molecule has 4 aliphatic heterocycles. The normalized spacial score (nSPS) is 23.1. The summed E-state index contributed by atoms with van der Waals surface area (Å²) in [5, 5.41) is 0. The van der Waals surface area contributed by atoms with Gasteiger partial charge in [0.15, 0.2) is 0 Å². The first-order chi connectivity index (χ1) is 22.6. The van der Waals surface area contributed by atoms with E-state index in [0.717, 1.165) is 66.2 Å². The Morgan fingerprint density at radius 1 is 1.02 bits per heavy atom. The van der Waals surface area contributed by atoms with Gasteiger partial charge in [-0.05, 0) is 54.8 Å². The summed E-state index contributed by atoms with van der Waals surface area (Å²) in [5.74, 6) is 2.49. The topological polar surface area (TPSA) is 97.2 Å². The molecule has 3 atom stereocenters. The first-order valence-corrected chi connectivity index (χ1v) is 16.1. The van der Waals surface area contributed by atoms with E-state index in [1.54, 1.807) is 18.2 Å². The quantitative estimate of drug-likeness (QED) is 0.231. The van der Waals surface area contributed by atoms with Gasteiger partial charge in [0.05, 0.1) is 62.3 Å². The van der Waals surface area contributed by atoms with Crippen LogP contribution in [0.3, 0.4) is 0 Å². The first-order valence-electron chi connectivity index (χ1n) is 16.1. The van der Waals surface area contributed by atoms with E-state index in [0.29, 0.717) is 63.2 Å². The molecule has 3 saturated heterocycles. The summed E-state index contributed by atoms with van der Waals surface area (Å²) in [4.78, 5) is 23.4. The van der Waals surface area contributed by atoms with E-state index >= 15 is 0 Å². The van der Waals surface area contributed by atoms with E-state index in [1.807, 2.05) is 30.3 Å². The van der Waals surface area contributed by atoms with Gasteiger partial charge in [-0.3, -0.25) is 9.69 Å². The van der Waals surface area contributed by atoms with Gasteiger partial charge >= 0.3 is 0 Å². The maximum Gasteiger partial charge on any atom is 0.298 e. The van der Waals surface area contributed by atoms with Crippen LogP contribution in [0, 0.1) is 11.7 Å². The summed E-state index contributed by atoms with van der Waals surface area (Å²) < 4.78 is 45.4. The van der Waals surface area contributed by atoms with Crippen LogP contribution >= 0.6 is 0 Å². The molecule has 0 bridgehead atoms. The number of pyridine rings is 1. The van der Waals surface area contributed by atoms with E-state index in [4.69, 9.17) is 33.7 Å². The highest BCUT2D eigenvalue weighted by Gasteiger charge is 2.36. The zero-order chi connectivity index (χ0) is 31.0. The Labute approximate surface area is 266 Å². The van der Waals surface area contributed by atoms with Crippen LogP contribution in [0.2, 0.25) is 0 Å². The number of imidazole rings is 1. The van der Waals surface area contributed by atoms with E-state index in [2.05, 4.69) is 9.47 Å². The summed E-state index contributed by atoms with van der Waals surface area (Å²) in [6.07, 6.45) is 2.11. The average molecular weight is 629 g/mol. The van der Waals surface area contributed by atoms with Crippen LogP contribution < -0.4 is 9.47 Å². The van der Waals surface area contributed by atoms with Crippen molar-refractivity contribution in [2.45, 2.75) is 57.1 Å². The lowest BCUT2D eigenvalue weighted by molar-refractivity contribution is -0.120. The molecule has 11 heteroatoms. The Bertz CT molecular complexity index is 1740. The predicted octanol–water partition coefficient (Wildman–Crippen LogP) is 4.72. The summed E-state index contributed by atoms with van der Waals surface area (Å²) in [6.45, 7) is 6.95. The predicted molar refractivity (Wildman–Crippen MR) is 165 cm³/mol. The summed E-state index contributed by atoms with van der Waals surface area (Å²) in [5.41, 5.74) is 5.40. The van der Waals surface area contributed by atoms with Gasteiger partial charge in [-0.2, -0.15) is 0 Å². The first kappa shape index (κ1) is 29.5. The van der Waals surface area contributed by atoms with E-state index < -0.39 is 0 Å². The smallest absolute Gasteiger partial charge is 0.298 e. The van der Waals surface area contributed by atoms with E-state index in [9.17, 15) is 9.18 Å². The number of aromatic nitrogens is 3. The summed E-state index contributed by atoms with van der Waals surface area (Å²) in [6, 6.07) is 14.8. The third kappa shape index (κ3) is 5.88. The fraction of sp³-hybridized carbons (Fsp3) is 0.457. The van der Waals surface area contributed by atoms with Crippen molar-refractivity contribution in [3.8, 4) is 11.6 Å². The number of carbonyl (C=O) groups is 1. The minimum atomic E-state index is -0.261. The molecular formula is C35H37FN4O6. The molecule has 4 aromatic rings. The molecule has 6 heterocycles. The Morgan fingerprint density at radius 3 is 2.72 bits per heavy atom. The highest BCUT2D eigenvalue weighted by atomic mass is 19.1. The number of carbonyl (C=O) groups excluding carboxylic acids is 1. The second kappa shape index (κ2) is 12.7. The van der Waals surface area contributed by atoms with Gasteiger partial charge in [-0.15, -0.1) is 0 Å². The molecule has 0 unspecified atom stereocenters. The zero-order valence-electron chi connectivity index (χ0n) is 25.6. The molecule has 0 aliphatic carbocycles. The second-order valence-electron chi connectivity index (χ2n) is 12.8. The van der Waals surface area contributed by atoms with Crippen molar-refractivity contribution in [2.75, 3.05) is 39.5 Å². The number of piperidine rings is 1. The number of rotatable bonds is 10. The minimum Gasteiger partial charge on any atom is -0.473 e. The van der Waals surface area contributed by atoms with E-state index in [1.165, 1.54) is 0 Å². The lowest BCUT2D eigenvalue weighted by Crippen LogP contribution is -2.41. The molecule has 0 radical (unpaired) electrons. The highest BCUT2D eigenvalue weighted by molar-refractivity contribution is 5.78. The fourth-order valence-electron chi connectivity index (χ4n) is 7.06. The SMILES string of the molecule is O=COc1ccc2nc(CN3CC[C@H]4c5nc(OCc6ccc(C7COC7)cc6F)ccc5COC[C@H]4C3)n(C[C@@H]3CCO3)c2c1. The Balaban J connectivity index is 0.969. The number of nitrogens with zero attached hydrogens (tertiary/aromatic N) is 4. The van der Waals surface area contributed by atoms with Crippen LogP contribution in [-0.4, -0.2) is 71.5 Å². The van der Waals surface area contributed by atoms with Gasteiger partial charge < -0.3 is 28.3 Å². The molecule has 0 amide bonds. The second-order valence-corrected chi connectivity index (χ2v) is 12.8. The maximum atomic E-state index is 14.8. The van der Waals surface area contributed by atoms with Crippen LogP contribution in [0.15, 0.2) is 48.5 Å². The summed E-state index contributed by atoms with van der Waals surface area (Å²) >= 11 is 0. The molecule has 46 heavy (non-hydrogen) atoms. The molecule has 2 aromatic heterocycles. The Hall–Kier alpha value is -3.90. The van der Waals surface area contributed by atoms with Crippen molar-refractivity contribution >= 4 is 17.5 Å². The molecule has 3 fully saturated rings. The minimum absolute atomic E-state index is 0.118. The molecular weight excluding hydrogens is 591 g/mol. The van der Waals surface area contributed by atoms with Gasteiger partial charge in [-0.25, -0.2) is 14.4 Å². The van der Waals surface area contributed by atoms with Gasteiger partial charge in [0.2, 0.25) is 5.88 Å². The van der Waals surface area contributed by atoms with Gasteiger partial charge in [0.25, 0.3) is 6.47 Å². The lowest BCUT2D eigenvalue weighted by Gasteiger charge is -2.37. The van der Waals surface area contributed by atoms with Crippen LogP contribution in [-0.2, 0) is 45.3 Å². The molecule has 0 spiro atoms. The molecule has 4 aliphatic rings. The van der Waals surface area contributed by atoms with Crippen molar-refractivity contribution in [1.82, 2.24) is 19.4 Å². The lowest BCUT2D eigenvalue weighted by atomic mass is 9.82. The maximum absolute atomic E-state index is 14.8. The van der Waals surface area contributed by atoms with Crippen LogP contribution in [0.25, 0.3) is 11.0 Å². The molecule has 0 N–H and O–H groups in total. The number of likely N-dealkylation sites (tertiary alicyclic amines) is 1. The number of benzene rings is 2. The van der Waals surface area contributed by atoms with Crippen molar-refractivity contribution in [2.24, 2.45) is 5.92 Å². The third-order valence-corrected chi connectivity index (χ3v) is 9.84. The third-order valence-electron chi connectivity index (χ3n) is 9.84. The van der Waals surface area contributed by atoms with Crippen LogP contribution in [0.5, 0.6) is 11.6 Å². The molecule has 240 valence electrons. The van der Waals surface area contributed by atoms with Crippen molar-refractivity contribution < 1.29 is 32.9 Å². The number of ether oxygens (including phenoxy) is 5. The number of hydrogen-bond donors (Lipinski definition) is 0. The van der Waals surface area contributed by atoms with Crippen molar-refractivity contribution in [1.29, 1.82) is 0 Å². The molecule has 8 rings (SSSR count). The summed E-state index contributed by atoms with van der Waals surface area (Å²) in [7, 11) is 0. The van der Waals surface area contributed by atoms with Crippen LogP contribution in [0.4, 0.5) is 4.39 Å². The fourth-order valence-corrected chi connectivity index (χ4v) is 7.06. The Morgan fingerprint density at radius 2 is 1.93 bits per heavy atom.